The van der Waals surface area contributed by atoms with Gasteiger partial charge in [-0.3, -0.25) is 15.0 Å². The number of carbonyl (C=O) groups is 3. The second-order valence-corrected chi connectivity index (χ2v) is 7.00. The lowest BCUT2D eigenvalue weighted by atomic mass is 9.78. The van der Waals surface area contributed by atoms with E-state index in [0.717, 1.165) is 10.6 Å². The molecule has 2 aromatic carbocycles. The highest BCUT2D eigenvalue weighted by Crippen LogP contribution is 2.39. The Balaban J connectivity index is 2.10. The number of rotatable bonds is 5. The molecule has 0 aromatic heterocycles. The monoisotopic (exact) mass is 418 g/mol. The van der Waals surface area contributed by atoms with Gasteiger partial charge in [-0.25, -0.2) is 9.80 Å². The van der Waals surface area contributed by atoms with Crippen molar-refractivity contribution in [3.8, 4) is 6.07 Å². The Morgan fingerprint density at radius 2 is 1.81 bits per heavy atom. The lowest BCUT2D eigenvalue weighted by Gasteiger charge is -2.36. The van der Waals surface area contributed by atoms with Crippen molar-refractivity contribution in [2.24, 2.45) is 11.7 Å². The first kappa shape index (κ1) is 21.6. The summed E-state index contributed by atoms with van der Waals surface area (Å²) in [5.41, 5.74) is 10.4. The van der Waals surface area contributed by atoms with E-state index in [1.807, 2.05) is 25.1 Å². The van der Waals surface area contributed by atoms with Crippen LogP contribution in [0.4, 0.5) is 0 Å². The van der Waals surface area contributed by atoms with Crippen LogP contribution in [0.2, 0.25) is 0 Å². The number of hydrazine groups is 1. The number of carbonyl (C=O) groups excluding carboxylic acids is 3. The summed E-state index contributed by atoms with van der Waals surface area (Å²) in [5.74, 6) is -4.58. The molecule has 3 rings (SSSR count). The van der Waals surface area contributed by atoms with E-state index >= 15 is 0 Å². The molecule has 1 aliphatic heterocycles. The maximum absolute atomic E-state index is 13.1. The van der Waals surface area contributed by atoms with E-state index in [-0.39, 0.29) is 23.6 Å². The third-order valence-electron chi connectivity index (χ3n) is 4.97. The minimum absolute atomic E-state index is 0.0507. The van der Waals surface area contributed by atoms with Crippen LogP contribution in [0.1, 0.15) is 34.3 Å². The second-order valence-electron chi connectivity index (χ2n) is 7.00. The molecule has 8 nitrogen and oxygen atoms in total. The van der Waals surface area contributed by atoms with Crippen molar-refractivity contribution in [1.82, 2.24) is 10.4 Å². The van der Waals surface area contributed by atoms with Gasteiger partial charge in [-0.05, 0) is 31.5 Å². The average molecular weight is 418 g/mol. The second kappa shape index (κ2) is 9.13. The van der Waals surface area contributed by atoms with Crippen molar-refractivity contribution in [2.45, 2.75) is 19.8 Å². The number of amides is 2. The Morgan fingerprint density at radius 1 is 1.16 bits per heavy atom. The fourth-order valence-corrected chi connectivity index (χ4v) is 3.42. The quantitative estimate of drug-likeness (QED) is 0.717. The molecule has 0 fully saturated rings. The molecule has 2 unspecified atom stereocenters. The number of hydrogen-bond donors (Lipinski definition) is 2. The van der Waals surface area contributed by atoms with E-state index in [0.29, 0.717) is 5.56 Å². The van der Waals surface area contributed by atoms with Crippen molar-refractivity contribution in [3.63, 3.8) is 0 Å². The summed E-state index contributed by atoms with van der Waals surface area (Å²) >= 11 is 0. The zero-order valence-corrected chi connectivity index (χ0v) is 17.2. The molecule has 0 saturated carbocycles. The van der Waals surface area contributed by atoms with Crippen molar-refractivity contribution in [1.29, 1.82) is 5.26 Å². The van der Waals surface area contributed by atoms with Crippen LogP contribution in [0.5, 0.6) is 0 Å². The van der Waals surface area contributed by atoms with Gasteiger partial charge < -0.3 is 10.5 Å². The average Bonchev–Trinajstić information content (AvgIpc) is 2.77. The number of nitrogens with one attached hydrogen (secondary N) is 1. The van der Waals surface area contributed by atoms with E-state index in [1.165, 1.54) is 0 Å². The van der Waals surface area contributed by atoms with Crippen LogP contribution in [-0.4, -0.2) is 29.4 Å². The Bertz CT molecular complexity index is 1070. The van der Waals surface area contributed by atoms with Gasteiger partial charge in [-0.1, -0.05) is 48.0 Å². The standard InChI is InChI=1S/C23H22N4O4/c1-3-31-23(30)19-18(15-11-9-14(2)10-12-15)17(13-24)22(29)27(20(19)25)26-21(28)16-7-5-4-6-8-16/h4-12,17-18H,3,25H2,1-2H3,(H,26,28). The van der Waals surface area contributed by atoms with Crippen LogP contribution >= 0.6 is 0 Å². The number of ether oxygens (including phenoxy) is 1. The summed E-state index contributed by atoms with van der Waals surface area (Å²) in [7, 11) is 0. The zero-order chi connectivity index (χ0) is 22.5. The lowest BCUT2D eigenvalue weighted by molar-refractivity contribution is -0.141. The summed E-state index contributed by atoms with van der Waals surface area (Å²) in [4.78, 5) is 38.5. The molecule has 0 saturated heterocycles. The molecule has 1 heterocycles. The maximum Gasteiger partial charge on any atom is 0.338 e. The fourth-order valence-electron chi connectivity index (χ4n) is 3.42. The normalized spacial score (nSPS) is 18.4. The molecule has 2 amide bonds. The van der Waals surface area contributed by atoms with Gasteiger partial charge in [-0.15, -0.1) is 0 Å². The van der Waals surface area contributed by atoms with E-state index < -0.39 is 29.6 Å². The van der Waals surface area contributed by atoms with E-state index in [9.17, 15) is 19.6 Å². The van der Waals surface area contributed by atoms with Crippen LogP contribution in [0.25, 0.3) is 0 Å². The molecular formula is C23H22N4O4. The molecule has 0 spiro atoms. The minimum atomic E-state index is -1.29. The summed E-state index contributed by atoms with van der Waals surface area (Å²) in [6.45, 7) is 3.62. The molecule has 31 heavy (non-hydrogen) atoms. The fraction of sp³-hybridized carbons (Fsp3) is 0.217. The number of esters is 1. The van der Waals surface area contributed by atoms with Crippen LogP contribution < -0.4 is 11.2 Å². The predicted octanol–water partition coefficient (Wildman–Crippen LogP) is 2.14. The van der Waals surface area contributed by atoms with Crippen LogP contribution in [0.3, 0.4) is 0 Å². The highest BCUT2D eigenvalue weighted by atomic mass is 16.5. The highest BCUT2D eigenvalue weighted by Gasteiger charge is 2.46. The topological polar surface area (TPSA) is 126 Å². The molecular weight excluding hydrogens is 396 g/mol. The maximum atomic E-state index is 13.1. The van der Waals surface area contributed by atoms with Crippen molar-refractivity contribution >= 4 is 17.8 Å². The largest absolute Gasteiger partial charge is 0.463 e. The SMILES string of the molecule is CCOC(=O)C1=C(N)N(NC(=O)c2ccccc2)C(=O)C(C#N)C1c1ccc(C)cc1. The van der Waals surface area contributed by atoms with E-state index in [1.54, 1.807) is 49.4 Å². The molecule has 2 atom stereocenters. The Labute approximate surface area is 179 Å². The van der Waals surface area contributed by atoms with E-state index in [4.69, 9.17) is 10.5 Å². The van der Waals surface area contributed by atoms with Crippen LogP contribution in [0.15, 0.2) is 66.0 Å². The highest BCUT2D eigenvalue weighted by molar-refractivity contribution is 6.00. The molecule has 0 radical (unpaired) electrons. The summed E-state index contributed by atoms with van der Waals surface area (Å²) < 4.78 is 5.16. The molecule has 0 aliphatic carbocycles. The molecule has 0 bridgehead atoms. The first-order valence-electron chi connectivity index (χ1n) is 9.72. The molecule has 158 valence electrons. The van der Waals surface area contributed by atoms with Gasteiger partial charge in [-0.2, -0.15) is 5.26 Å². The molecule has 3 N–H and O–H groups in total. The third kappa shape index (κ3) is 4.26. The van der Waals surface area contributed by atoms with Crippen molar-refractivity contribution in [2.75, 3.05) is 6.61 Å². The molecule has 2 aromatic rings. The number of aryl methyl sites for hydroxylation is 1. The first-order chi connectivity index (χ1) is 14.9. The van der Waals surface area contributed by atoms with Crippen molar-refractivity contribution in [3.05, 3.63) is 82.7 Å². The minimum Gasteiger partial charge on any atom is -0.463 e. The number of benzene rings is 2. The predicted molar refractivity (Wildman–Crippen MR) is 112 cm³/mol. The first-order valence-corrected chi connectivity index (χ1v) is 9.72. The number of hydrogen-bond acceptors (Lipinski definition) is 6. The third-order valence-corrected chi connectivity index (χ3v) is 4.97. The van der Waals surface area contributed by atoms with Gasteiger partial charge >= 0.3 is 5.97 Å². The Kier molecular flexibility index (Phi) is 6.36. The van der Waals surface area contributed by atoms with Gasteiger partial charge in [0.25, 0.3) is 11.8 Å². The van der Waals surface area contributed by atoms with Gasteiger partial charge in [0.2, 0.25) is 0 Å². The number of nitrogens with zero attached hydrogens (tertiary/aromatic N) is 2. The molecule has 1 aliphatic rings. The van der Waals surface area contributed by atoms with E-state index in [2.05, 4.69) is 5.43 Å². The van der Waals surface area contributed by atoms with Crippen molar-refractivity contribution < 1.29 is 19.1 Å². The Hall–Kier alpha value is -4.12. The van der Waals surface area contributed by atoms with Gasteiger partial charge in [0.15, 0.2) is 0 Å². The smallest absolute Gasteiger partial charge is 0.338 e. The lowest BCUT2D eigenvalue weighted by Crippen LogP contribution is -2.55. The Morgan fingerprint density at radius 3 is 2.39 bits per heavy atom. The summed E-state index contributed by atoms with van der Waals surface area (Å²) in [6.07, 6.45) is 0. The zero-order valence-electron chi connectivity index (χ0n) is 17.2. The summed E-state index contributed by atoms with van der Waals surface area (Å²) in [5, 5.41) is 10.6. The molecule has 8 heteroatoms. The number of nitrogens with two attached hydrogens (primary N) is 1. The summed E-state index contributed by atoms with van der Waals surface area (Å²) in [6, 6.07) is 17.3. The van der Waals surface area contributed by atoms with Crippen LogP contribution in [-0.2, 0) is 14.3 Å². The van der Waals surface area contributed by atoms with Gasteiger partial charge in [0, 0.05) is 11.5 Å². The van der Waals surface area contributed by atoms with Crippen LogP contribution in [0, 0.1) is 24.2 Å². The van der Waals surface area contributed by atoms with Gasteiger partial charge in [0.05, 0.1) is 18.2 Å². The van der Waals surface area contributed by atoms with Gasteiger partial charge in [0.1, 0.15) is 11.7 Å². The number of nitriles is 1.